The Balaban J connectivity index is 2.55. The monoisotopic (exact) mass is 194 g/mol. The average molecular weight is 194 g/mol. The Morgan fingerprint density at radius 2 is 2.29 bits per heavy atom. The molecular weight excluding hydrogens is 180 g/mol. The van der Waals surface area contributed by atoms with Crippen molar-refractivity contribution in [2.75, 3.05) is 13.6 Å². The third-order valence-corrected chi connectivity index (χ3v) is 1.79. The van der Waals surface area contributed by atoms with E-state index in [-0.39, 0.29) is 6.54 Å². The van der Waals surface area contributed by atoms with Gasteiger partial charge in [-0.05, 0) is 25.1 Å². The van der Waals surface area contributed by atoms with Crippen molar-refractivity contribution in [3.63, 3.8) is 0 Å². The molecule has 0 aliphatic heterocycles. The van der Waals surface area contributed by atoms with Crippen molar-refractivity contribution in [2.24, 2.45) is 0 Å². The van der Waals surface area contributed by atoms with Crippen LogP contribution < -0.4 is 0 Å². The Bertz CT molecular complexity index is 326. The molecule has 0 fully saturated rings. The third kappa shape index (κ3) is 3.53. The second kappa shape index (κ2) is 4.72. The zero-order chi connectivity index (χ0) is 10.6. The summed E-state index contributed by atoms with van der Waals surface area (Å²) in [7, 11) is 1.77. The number of aliphatic carboxylic acids is 1. The number of nitrogens with zero attached hydrogens (tertiary/aromatic N) is 2. The fourth-order valence-electron chi connectivity index (χ4n) is 1.30. The van der Waals surface area contributed by atoms with Gasteiger partial charge >= 0.3 is 5.97 Å². The van der Waals surface area contributed by atoms with Crippen molar-refractivity contribution in [3.05, 3.63) is 29.6 Å². The minimum absolute atomic E-state index is 0.0495. The normalized spacial score (nSPS) is 10.5. The van der Waals surface area contributed by atoms with Crippen molar-refractivity contribution in [2.45, 2.75) is 13.5 Å². The maximum Gasteiger partial charge on any atom is 0.317 e. The van der Waals surface area contributed by atoms with E-state index in [2.05, 4.69) is 4.98 Å². The van der Waals surface area contributed by atoms with E-state index in [9.17, 15) is 4.79 Å². The quantitative estimate of drug-likeness (QED) is 0.774. The number of aromatic nitrogens is 1. The summed E-state index contributed by atoms with van der Waals surface area (Å²) < 4.78 is 0. The first-order valence-corrected chi connectivity index (χ1v) is 4.39. The summed E-state index contributed by atoms with van der Waals surface area (Å²) >= 11 is 0. The van der Waals surface area contributed by atoms with Crippen molar-refractivity contribution in [1.82, 2.24) is 9.88 Å². The van der Waals surface area contributed by atoms with Gasteiger partial charge in [0.2, 0.25) is 0 Å². The van der Waals surface area contributed by atoms with E-state index >= 15 is 0 Å². The highest BCUT2D eigenvalue weighted by molar-refractivity contribution is 5.69. The molecule has 0 aromatic carbocycles. The second-order valence-corrected chi connectivity index (χ2v) is 3.44. The summed E-state index contributed by atoms with van der Waals surface area (Å²) in [5.41, 5.74) is 2.12. The summed E-state index contributed by atoms with van der Waals surface area (Å²) in [6, 6.07) is 2.01. The number of hydrogen-bond donors (Lipinski definition) is 1. The Labute approximate surface area is 83.2 Å². The minimum Gasteiger partial charge on any atom is -0.480 e. The molecule has 1 aromatic rings. The average Bonchev–Trinajstić information content (AvgIpc) is 2.01. The van der Waals surface area contributed by atoms with E-state index < -0.39 is 5.97 Å². The van der Waals surface area contributed by atoms with Crippen LogP contribution in [-0.2, 0) is 11.3 Å². The van der Waals surface area contributed by atoms with Crippen LogP contribution in [0.1, 0.15) is 11.1 Å². The molecule has 0 amide bonds. The van der Waals surface area contributed by atoms with Crippen LogP contribution in [-0.4, -0.2) is 34.6 Å². The summed E-state index contributed by atoms with van der Waals surface area (Å²) in [4.78, 5) is 16.2. The van der Waals surface area contributed by atoms with Gasteiger partial charge in [0.1, 0.15) is 0 Å². The molecule has 14 heavy (non-hydrogen) atoms. The van der Waals surface area contributed by atoms with Gasteiger partial charge in [0.25, 0.3) is 0 Å². The first-order chi connectivity index (χ1) is 6.58. The fraction of sp³-hybridized carbons (Fsp3) is 0.400. The van der Waals surface area contributed by atoms with Crippen molar-refractivity contribution >= 4 is 5.97 Å². The molecule has 4 nitrogen and oxygen atoms in total. The summed E-state index contributed by atoms with van der Waals surface area (Å²) in [5, 5.41) is 8.56. The molecule has 1 rings (SSSR count). The van der Waals surface area contributed by atoms with Crippen LogP contribution >= 0.6 is 0 Å². The van der Waals surface area contributed by atoms with Gasteiger partial charge in [-0.1, -0.05) is 6.07 Å². The smallest absolute Gasteiger partial charge is 0.317 e. The lowest BCUT2D eigenvalue weighted by Crippen LogP contribution is -2.25. The third-order valence-electron chi connectivity index (χ3n) is 1.79. The zero-order valence-corrected chi connectivity index (χ0v) is 8.40. The molecule has 0 aliphatic carbocycles. The fourth-order valence-corrected chi connectivity index (χ4v) is 1.30. The number of carbonyl (C=O) groups is 1. The van der Waals surface area contributed by atoms with E-state index in [0.29, 0.717) is 6.54 Å². The molecule has 0 unspecified atom stereocenters. The number of pyridine rings is 1. The lowest BCUT2D eigenvalue weighted by atomic mass is 10.2. The van der Waals surface area contributed by atoms with E-state index in [1.54, 1.807) is 24.3 Å². The molecule has 1 aromatic heterocycles. The Hall–Kier alpha value is -1.42. The highest BCUT2D eigenvalue weighted by Gasteiger charge is 2.04. The van der Waals surface area contributed by atoms with Crippen LogP contribution in [0.25, 0.3) is 0 Å². The molecule has 4 heteroatoms. The maximum absolute atomic E-state index is 10.4. The number of likely N-dealkylation sites (N-methyl/N-ethyl adjacent to an activating group) is 1. The molecule has 1 heterocycles. The second-order valence-electron chi connectivity index (χ2n) is 3.44. The van der Waals surface area contributed by atoms with Gasteiger partial charge < -0.3 is 5.11 Å². The first kappa shape index (κ1) is 10.7. The van der Waals surface area contributed by atoms with Crippen LogP contribution in [0.5, 0.6) is 0 Å². The van der Waals surface area contributed by atoms with Gasteiger partial charge in [0, 0.05) is 18.9 Å². The Morgan fingerprint density at radius 1 is 1.57 bits per heavy atom. The van der Waals surface area contributed by atoms with Gasteiger partial charge in [0.15, 0.2) is 0 Å². The Kier molecular flexibility index (Phi) is 3.59. The highest BCUT2D eigenvalue weighted by Crippen LogP contribution is 2.03. The van der Waals surface area contributed by atoms with Crippen LogP contribution in [0.3, 0.4) is 0 Å². The number of carboxylic acids is 1. The SMILES string of the molecule is Cc1cncc(CN(C)CC(=O)O)c1. The molecule has 76 valence electrons. The molecule has 0 radical (unpaired) electrons. The van der Waals surface area contributed by atoms with E-state index in [0.717, 1.165) is 11.1 Å². The largest absolute Gasteiger partial charge is 0.480 e. The van der Waals surface area contributed by atoms with Crippen LogP contribution in [0.4, 0.5) is 0 Å². The topological polar surface area (TPSA) is 53.4 Å². The minimum atomic E-state index is -0.812. The van der Waals surface area contributed by atoms with Crippen LogP contribution in [0, 0.1) is 6.92 Å². The highest BCUT2D eigenvalue weighted by atomic mass is 16.4. The van der Waals surface area contributed by atoms with Gasteiger partial charge in [-0.2, -0.15) is 0 Å². The molecule has 0 bridgehead atoms. The molecular formula is C10H14N2O2. The van der Waals surface area contributed by atoms with E-state index in [4.69, 9.17) is 5.11 Å². The van der Waals surface area contributed by atoms with Crippen molar-refractivity contribution in [3.8, 4) is 0 Å². The summed E-state index contributed by atoms with van der Waals surface area (Å²) in [5.74, 6) is -0.812. The summed E-state index contributed by atoms with van der Waals surface area (Å²) in [6.45, 7) is 2.63. The van der Waals surface area contributed by atoms with E-state index in [1.165, 1.54) is 0 Å². The number of rotatable bonds is 4. The predicted molar refractivity (Wildman–Crippen MR) is 52.9 cm³/mol. The molecule has 1 N–H and O–H groups in total. The number of hydrogen-bond acceptors (Lipinski definition) is 3. The first-order valence-electron chi connectivity index (χ1n) is 4.39. The lowest BCUT2D eigenvalue weighted by Gasteiger charge is -2.13. The van der Waals surface area contributed by atoms with Crippen LogP contribution in [0.15, 0.2) is 18.5 Å². The molecule has 0 saturated heterocycles. The Morgan fingerprint density at radius 3 is 2.86 bits per heavy atom. The molecule has 0 saturated carbocycles. The van der Waals surface area contributed by atoms with Gasteiger partial charge in [-0.3, -0.25) is 14.7 Å². The van der Waals surface area contributed by atoms with Gasteiger partial charge in [0.05, 0.1) is 6.54 Å². The lowest BCUT2D eigenvalue weighted by molar-refractivity contribution is -0.138. The van der Waals surface area contributed by atoms with Gasteiger partial charge in [-0.15, -0.1) is 0 Å². The maximum atomic E-state index is 10.4. The standard InChI is InChI=1S/C10H14N2O2/c1-8-3-9(5-11-4-8)6-12(2)7-10(13)14/h3-5H,6-7H2,1-2H3,(H,13,14). The molecule has 0 spiro atoms. The summed E-state index contributed by atoms with van der Waals surface area (Å²) in [6.07, 6.45) is 3.53. The van der Waals surface area contributed by atoms with Crippen LogP contribution in [0.2, 0.25) is 0 Å². The number of aryl methyl sites for hydroxylation is 1. The van der Waals surface area contributed by atoms with Crippen molar-refractivity contribution in [1.29, 1.82) is 0 Å². The van der Waals surface area contributed by atoms with Crippen molar-refractivity contribution < 1.29 is 9.90 Å². The van der Waals surface area contributed by atoms with E-state index in [1.807, 2.05) is 13.0 Å². The predicted octanol–water partition coefficient (Wildman–Crippen LogP) is 0.906. The number of carboxylic acid groups (broad SMARTS) is 1. The zero-order valence-electron chi connectivity index (χ0n) is 8.40. The molecule has 0 aliphatic rings. The van der Waals surface area contributed by atoms with Gasteiger partial charge in [-0.25, -0.2) is 0 Å². The molecule has 0 atom stereocenters.